The average Bonchev–Trinajstić information content (AvgIpc) is 2.86. The van der Waals surface area contributed by atoms with Crippen molar-refractivity contribution in [3.63, 3.8) is 0 Å². The number of piperazine rings is 1. The molecule has 2 saturated heterocycles. The Labute approximate surface area is 198 Å². The lowest BCUT2D eigenvalue weighted by molar-refractivity contribution is -0.122. The molecule has 2 aliphatic rings. The van der Waals surface area contributed by atoms with Crippen molar-refractivity contribution in [1.29, 1.82) is 0 Å². The quantitative estimate of drug-likeness (QED) is 0.635. The zero-order valence-electron chi connectivity index (χ0n) is 19.9. The Morgan fingerprint density at radius 2 is 1.58 bits per heavy atom. The Bertz CT molecular complexity index is 844. The van der Waals surface area contributed by atoms with E-state index in [-0.39, 0.29) is 12.0 Å². The highest BCUT2D eigenvalue weighted by atomic mass is 16.5. The van der Waals surface area contributed by atoms with Crippen molar-refractivity contribution in [3.8, 4) is 5.75 Å². The Balaban J connectivity index is 1.15. The second kappa shape index (κ2) is 12.1. The minimum atomic E-state index is -0.0628. The minimum absolute atomic E-state index is 0.0628. The molecular formula is C27H38N4O2. The lowest BCUT2D eigenvalue weighted by Crippen LogP contribution is -2.45. The second-order valence-electron chi connectivity index (χ2n) is 9.31. The molecule has 0 spiro atoms. The van der Waals surface area contributed by atoms with Gasteiger partial charge in [0.05, 0.1) is 13.1 Å². The van der Waals surface area contributed by atoms with E-state index in [1.54, 1.807) is 0 Å². The monoisotopic (exact) mass is 450 g/mol. The van der Waals surface area contributed by atoms with Crippen LogP contribution >= 0.6 is 0 Å². The molecule has 0 saturated carbocycles. The molecule has 6 heteroatoms. The first-order valence-electron chi connectivity index (χ1n) is 12.4. The van der Waals surface area contributed by atoms with Crippen molar-refractivity contribution in [2.75, 3.05) is 57.3 Å². The number of benzene rings is 2. The van der Waals surface area contributed by atoms with Crippen LogP contribution in [0, 0.1) is 0 Å². The molecule has 0 bridgehead atoms. The van der Waals surface area contributed by atoms with Gasteiger partial charge >= 0.3 is 0 Å². The van der Waals surface area contributed by atoms with E-state index < -0.39 is 0 Å². The van der Waals surface area contributed by atoms with Gasteiger partial charge < -0.3 is 15.0 Å². The normalized spacial score (nSPS) is 18.6. The summed E-state index contributed by atoms with van der Waals surface area (Å²) in [5, 5.41) is 3.01. The number of likely N-dealkylation sites (tertiary alicyclic amines) is 1. The molecule has 178 valence electrons. The number of para-hydroxylation sites is 1. The van der Waals surface area contributed by atoms with Crippen molar-refractivity contribution < 1.29 is 9.53 Å². The van der Waals surface area contributed by atoms with Crippen LogP contribution in [-0.4, -0.2) is 74.2 Å². The van der Waals surface area contributed by atoms with Crippen LogP contribution in [0.25, 0.3) is 0 Å². The molecule has 2 heterocycles. The fourth-order valence-corrected chi connectivity index (χ4v) is 4.64. The van der Waals surface area contributed by atoms with E-state index in [2.05, 4.69) is 62.5 Å². The molecule has 2 fully saturated rings. The maximum Gasteiger partial charge on any atom is 0.234 e. The van der Waals surface area contributed by atoms with Crippen LogP contribution < -0.4 is 15.0 Å². The number of hydrogen-bond donors (Lipinski definition) is 1. The molecule has 33 heavy (non-hydrogen) atoms. The van der Waals surface area contributed by atoms with E-state index in [0.29, 0.717) is 13.1 Å². The summed E-state index contributed by atoms with van der Waals surface area (Å²) >= 11 is 0. The Kier molecular flexibility index (Phi) is 8.61. The topological polar surface area (TPSA) is 48.1 Å². The third kappa shape index (κ3) is 7.47. The molecule has 2 aromatic rings. The van der Waals surface area contributed by atoms with Crippen molar-refractivity contribution in [3.05, 3.63) is 60.2 Å². The summed E-state index contributed by atoms with van der Waals surface area (Å²) in [5.41, 5.74) is 2.62. The first-order valence-corrected chi connectivity index (χ1v) is 12.4. The van der Waals surface area contributed by atoms with Gasteiger partial charge in [0.1, 0.15) is 11.9 Å². The van der Waals surface area contributed by atoms with Gasteiger partial charge in [-0.2, -0.15) is 0 Å². The minimum Gasteiger partial charge on any atom is -0.489 e. The van der Waals surface area contributed by atoms with E-state index in [0.717, 1.165) is 51.6 Å². The highest BCUT2D eigenvalue weighted by Crippen LogP contribution is 2.18. The van der Waals surface area contributed by atoms with Gasteiger partial charge in [-0.15, -0.1) is 0 Å². The molecule has 1 N–H and O–H groups in total. The fraction of sp³-hybridized carbons (Fsp3) is 0.519. The van der Waals surface area contributed by atoms with E-state index in [1.807, 2.05) is 19.1 Å². The third-order valence-electron chi connectivity index (χ3n) is 6.56. The maximum atomic E-state index is 12.2. The van der Waals surface area contributed by atoms with Crippen molar-refractivity contribution >= 4 is 11.6 Å². The highest BCUT2D eigenvalue weighted by molar-refractivity contribution is 5.78. The Hall–Kier alpha value is -2.57. The molecule has 4 rings (SSSR count). The van der Waals surface area contributed by atoms with Crippen molar-refractivity contribution in [2.45, 2.75) is 38.8 Å². The van der Waals surface area contributed by atoms with Gasteiger partial charge in [0.2, 0.25) is 5.91 Å². The number of ether oxygens (including phenoxy) is 1. The first-order chi connectivity index (χ1) is 16.2. The Morgan fingerprint density at radius 1 is 0.879 bits per heavy atom. The largest absolute Gasteiger partial charge is 0.489 e. The van der Waals surface area contributed by atoms with Gasteiger partial charge in [-0.1, -0.05) is 36.8 Å². The average molecular weight is 451 g/mol. The number of rotatable bonds is 9. The summed E-state index contributed by atoms with van der Waals surface area (Å²) in [4.78, 5) is 19.4. The lowest BCUT2D eigenvalue weighted by Gasteiger charge is -2.36. The lowest BCUT2D eigenvalue weighted by atomic mass is 10.1. The summed E-state index contributed by atoms with van der Waals surface area (Å²) in [7, 11) is 0. The van der Waals surface area contributed by atoms with E-state index in [1.165, 1.54) is 30.5 Å². The number of hydrogen-bond acceptors (Lipinski definition) is 5. The van der Waals surface area contributed by atoms with E-state index in [4.69, 9.17) is 4.74 Å². The fourth-order valence-electron chi connectivity index (χ4n) is 4.64. The molecule has 2 aromatic carbocycles. The number of piperidine rings is 1. The zero-order valence-corrected chi connectivity index (χ0v) is 19.9. The number of amides is 1. The van der Waals surface area contributed by atoms with Gasteiger partial charge in [0, 0.05) is 38.4 Å². The molecule has 2 aliphatic heterocycles. The number of anilines is 1. The van der Waals surface area contributed by atoms with Gasteiger partial charge in [-0.25, -0.2) is 0 Å². The molecule has 0 unspecified atom stereocenters. The van der Waals surface area contributed by atoms with Crippen LogP contribution in [0.15, 0.2) is 54.6 Å². The zero-order chi connectivity index (χ0) is 22.9. The van der Waals surface area contributed by atoms with Gasteiger partial charge in [0.15, 0.2) is 0 Å². The summed E-state index contributed by atoms with van der Waals surface area (Å²) in [5.74, 6) is 0.945. The predicted octanol–water partition coefficient (Wildman–Crippen LogP) is 3.38. The number of nitrogens with one attached hydrogen (secondary N) is 1. The first kappa shape index (κ1) is 23.6. The van der Waals surface area contributed by atoms with Crippen LogP contribution in [0.5, 0.6) is 5.75 Å². The molecule has 0 aliphatic carbocycles. The summed E-state index contributed by atoms with van der Waals surface area (Å²) in [6.07, 6.45) is 3.62. The summed E-state index contributed by atoms with van der Waals surface area (Å²) < 4.78 is 6.01. The van der Waals surface area contributed by atoms with Gasteiger partial charge in [-0.05, 0) is 62.7 Å². The Morgan fingerprint density at radius 3 is 2.27 bits per heavy atom. The summed E-state index contributed by atoms with van der Waals surface area (Å²) in [6, 6.07) is 19.1. The van der Waals surface area contributed by atoms with Crippen LogP contribution in [0.2, 0.25) is 0 Å². The van der Waals surface area contributed by atoms with Crippen LogP contribution in [0.4, 0.5) is 5.69 Å². The second-order valence-corrected chi connectivity index (χ2v) is 9.31. The molecule has 1 amide bonds. The highest BCUT2D eigenvalue weighted by Gasteiger charge is 2.17. The molecule has 0 radical (unpaired) electrons. The SMILES string of the molecule is C[C@@H](CNC(=O)CN1CCCCC1)Oc1ccc(CN2CCN(c3ccccc3)CC2)cc1. The third-order valence-corrected chi connectivity index (χ3v) is 6.56. The van der Waals surface area contributed by atoms with E-state index in [9.17, 15) is 4.79 Å². The van der Waals surface area contributed by atoms with Crippen LogP contribution in [-0.2, 0) is 11.3 Å². The van der Waals surface area contributed by atoms with Gasteiger partial charge in [-0.3, -0.25) is 14.6 Å². The molecule has 6 nitrogen and oxygen atoms in total. The standard InChI is InChI=1S/C27H38N4O2/c1-23(20-28-27(32)22-29-14-6-3-7-15-29)33-26-12-10-24(11-13-26)21-30-16-18-31(19-17-30)25-8-4-2-5-9-25/h2,4-5,8-13,23H,3,6-7,14-22H2,1H3,(H,28,32)/t23-/m0/s1. The van der Waals surface area contributed by atoms with E-state index >= 15 is 0 Å². The van der Waals surface area contributed by atoms with Crippen LogP contribution in [0.1, 0.15) is 31.7 Å². The number of carbonyl (C=O) groups is 1. The smallest absolute Gasteiger partial charge is 0.234 e. The van der Waals surface area contributed by atoms with Gasteiger partial charge in [0.25, 0.3) is 0 Å². The number of carbonyl (C=O) groups excluding carboxylic acids is 1. The molecule has 1 atom stereocenters. The van der Waals surface area contributed by atoms with Crippen molar-refractivity contribution in [1.82, 2.24) is 15.1 Å². The summed E-state index contributed by atoms with van der Waals surface area (Å²) in [6.45, 7) is 10.3. The number of nitrogens with zero attached hydrogens (tertiary/aromatic N) is 3. The molecular weight excluding hydrogens is 412 g/mol. The van der Waals surface area contributed by atoms with Crippen LogP contribution in [0.3, 0.4) is 0 Å². The van der Waals surface area contributed by atoms with Crippen molar-refractivity contribution in [2.24, 2.45) is 0 Å². The molecule has 0 aromatic heterocycles. The maximum absolute atomic E-state index is 12.2. The predicted molar refractivity (Wildman–Crippen MR) is 134 cm³/mol.